The summed E-state index contributed by atoms with van der Waals surface area (Å²) in [7, 11) is 0. The zero-order chi connectivity index (χ0) is 12.6. The Hall–Kier alpha value is -1.10. The fourth-order valence-corrected chi connectivity index (χ4v) is 1.45. The number of hydrogen-bond donors (Lipinski definition) is 2. The highest BCUT2D eigenvalue weighted by atomic mass is 16.4. The number of aliphatic carboxylic acids is 1. The third-order valence-electron chi connectivity index (χ3n) is 2.46. The Labute approximate surface area is 96.8 Å². The van der Waals surface area contributed by atoms with E-state index in [4.69, 9.17) is 5.11 Å². The summed E-state index contributed by atoms with van der Waals surface area (Å²) in [6.45, 7) is 7.66. The highest BCUT2D eigenvalue weighted by Crippen LogP contribution is 1.95. The summed E-state index contributed by atoms with van der Waals surface area (Å²) in [6.07, 6.45) is 0.685. The van der Waals surface area contributed by atoms with Crippen LogP contribution in [-0.2, 0) is 9.59 Å². The Kier molecular flexibility index (Phi) is 7.54. The molecule has 94 valence electrons. The van der Waals surface area contributed by atoms with Crippen molar-refractivity contribution in [2.45, 2.75) is 39.7 Å². The lowest BCUT2D eigenvalue weighted by atomic mass is 10.2. The van der Waals surface area contributed by atoms with Crippen LogP contribution in [0, 0.1) is 0 Å². The monoisotopic (exact) mass is 230 g/mol. The zero-order valence-corrected chi connectivity index (χ0v) is 10.3. The number of carbonyl (C=O) groups is 2. The van der Waals surface area contributed by atoms with Gasteiger partial charge in [0.25, 0.3) is 0 Å². The van der Waals surface area contributed by atoms with Crippen molar-refractivity contribution >= 4 is 11.9 Å². The largest absolute Gasteiger partial charge is 0.481 e. The van der Waals surface area contributed by atoms with E-state index in [0.29, 0.717) is 26.1 Å². The van der Waals surface area contributed by atoms with Gasteiger partial charge in [0.15, 0.2) is 0 Å². The number of nitrogens with one attached hydrogen (secondary N) is 1. The smallest absolute Gasteiger partial charge is 0.303 e. The Balaban J connectivity index is 3.82. The number of amides is 1. The van der Waals surface area contributed by atoms with E-state index in [-0.39, 0.29) is 18.4 Å². The maximum absolute atomic E-state index is 11.8. The molecule has 2 N–H and O–H groups in total. The summed E-state index contributed by atoms with van der Waals surface area (Å²) in [5.74, 6) is -0.732. The summed E-state index contributed by atoms with van der Waals surface area (Å²) in [5.41, 5.74) is 0. The van der Waals surface area contributed by atoms with Crippen LogP contribution in [0.1, 0.15) is 33.6 Å². The molecule has 1 unspecified atom stereocenters. The molecule has 0 saturated heterocycles. The van der Waals surface area contributed by atoms with Crippen molar-refractivity contribution in [2.75, 3.05) is 19.6 Å². The van der Waals surface area contributed by atoms with Crippen molar-refractivity contribution in [2.24, 2.45) is 0 Å². The third kappa shape index (κ3) is 5.70. The lowest BCUT2D eigenvalue weighted by Crippen LogP contribution is -2.45. The van der Waals surface area contributed by atoms with Crippen LogP contribution < -0.4 is 5.32 Å². The Morgan fingerprint density at radius 2 is 1.88 bits per heavy atom. The summed E-state index contributed by atoms with van der Waals surface area (Å²) in [5, 5.41) is 11.5. The van der Waals surface area contributed by atoms with Crippen LogP contribution >= 0.6 is 0 Å². The molecule has 5 nitrogen and oxygen atoms in total. The van der Waals surface area contributed by atoms with Gasteiger partial charge >= 0.3 is 5.97 Å². The molecule has 0 rings (SSSR count). The predicted octanol–water partition coefficient (Wildman–Crippen LogP) is 0.698. The second-order valence-electron chi connectivity index (χ2n) is 3.68. The second kappa shape index (κ2) is 8.10. The molecule has 0 aromatic rings. The molecule has 0 aliphatic carbocycles. The van der Waals surface area contributed by atoms with E-state index < -0.39 is 5.97 Å². The Morgan fingerprint density at radius 1 is 1.31 bits per heavy atom. The minimum absolute atomic E-state index is 0.0697. The lowest BCUT2D eigenvalue weighted by Gasteiger charge is -2.23. The average molecular weight is 230 g/mol. The molecule has 0 spiro atoms. The van der Waals surface area contributed by atoms with Crippen molar-refractivity contribution in [3.8, 4) is 0 Å². The fourth-order valence-electron chi connectivity index (χ4n) is 1.45. The molecule has 0 aliphatic heterocycles. The number of carboxylic acid groups (broad SMARTS) is 1. The molecule has 0 heterocycles. The van der Waals surface area contributed by atoms with Crippen LogP contribution in [0.5, 0.6) is 0 Å². The van der Waals surface area contributed by atoms with Crippen molar-refractivity contribution in [1.82, 2.24) is 10.2 Å². The van der Waals surface area contributed by atoms with Gasteiger partial charge in [0.1, 0.15) is 0 Å². The molecule has 1 amide bonds. The Morgan fingerprint density at radius 3 is 2.31 bits per heavy atom. The second-order valence-corrected chi connectivity index (χ2v) is 3.68. The van der Waals surface area contributed by atoms with E-state index in [1.54, 1.807) is 11.8 Å². The average Bonchev–Trinajstić information content (AvgIpc) is 2.25. The molecule has 5 heteroatoms. The molecular weight excluding hydrogens is 208 g/mol. The van der Waals surface area contributed by atoms with Crippen LogP contribution in [0.3, 0.4) is 0 Å². The molecule has 0 radical (unpaired) electrons. The molecule has 0 aliphatic rings. The summed E-state index contributed by atoms with van der Waals surface area (Å²) < 4.78 is 0. The zero-order valence-electron chi connectivity index (χ0n) is 10.3. The predicted molar refractivity (Wildman–Crippen MR) is 62.3 cm³/mol. The van der Waals surface area contributed by atoms with Crippen molar-refractivity contribution < 1.29 is 14.7 Å². The lowest BCUT2D eigenvalue weighted by molar-refractivity contribution is -0.137. The van der Waals surface area contributed by atoms with Gasteiger partial charge in [-0.05, 0) is 33.7 Å². The van der Waals surface area contributed by atoms with E-state index in [0.717, 1.165) is 0 Å². The first-order valence-corrected chi connectivity index (χ1v) is 5.76. The van der Waals surface area contributed by atoms with Gasteiger partial charge in [0.2, 0.25) is 5.91 Å². The summed E-state index contributed by atoms with van der Waals surface area (Å²) >= 11 is 0. The van der Waals surface area contributed by atoms with Gasteiger partial charge < -0.3 is 15.3 Å². The van der Waals surface area contributed by atoms with Gasteiger partial charge in [-0.25, -0.2) is 0 Å². The minimum atomic E-state index is -0.801. The van der Waals surface area contributed by atoms with Crippen LogP contribution in [0.4, 0.5) is 0 Å². The number of nitrogens with zero attached hydrogens (tertiary/aromatic N) is 1. The first-order chi connectivity index (χ1) is 7.52. The van der Waals surface area contributed by atoms with Gasteiger partial charge in [0, 0.05) is 19.5 Å². The summed E-state index contributed by atoms with van der Waals surface area (Å²) in [6, 6.07) is -0.242. The Bertz CT molecular complexity index is 227. The van der Waals surface area contributed by atoms with Gasteiger partial charge in [-0.15, -0.1) is 0 Å². The number of carbonyl (C=O) groups excluding carboxylic acids is 1. The number of rotatable bonds is 8. The number of likely N-dealkylation sites (N-methyl/N-ethyl adjacent to an activating group) is 1. The van der Waals surface area contributed by atoms with E-state index in [2.05, 4.69) is 5.32 Å². The fraction of sp³-hybridized carbons (Fsp3) is 0.818. The molecule has 0 fully saturated rings. The van der Waals surface area contributed by atoms with E-state index in [1.807, 2.05) is 13.8 Å². The van der Waals surface area contributed by atoms with Gasteiger partial charge in [-0.1, -0.05) is 0 Å². The van der Waals surface area contributed by atoms with E-state index >= 15 is 0 Å². The molecule has 1 atom stereocenters. The van der Waals surface area contributed by atoms with Crippen LogP contribution in [0.2, 0.25) is 0 Å². The maximum atomic E-state index is 11.8. The highest BCUT2D eigenvalue weighted by Gasteiger charge is 2.16. The first kappa shape index (κ1) is 14.9. The number of hydrogen-bond acceptors (Lipinski definition) is 3. The number of carboxylic acids is 1. The SMILES string of the molecule is CCN(CC)C(=O)C(C)NCCCC(=O)O. The van der Waals surface area contributed by atoms with Gasteiger partial charge in [0.05, 0.1) is 6.04 Å². The minimum Gasteiger partial charge on any atom is -0.481 e. The van der Waals surface area contributed by atoms with Crippen LogP contribution in [0.25, 0.3) is 0 Å². The van der Waals surface area contributed by atoms with Crippen LogP contribution in [0.15, 0.2) is 0 Å². The molecule has 0 aromatic heterocycles. The van der Waals surface area contributed by atoms with Gasteiger partial charge in [-0.3, -0.25) is 9.59 Å². The van der Waals surface area contributed by atoms with Crippen molar-refractivity contribution in [3.05, 3.63) is 0 Å². The maximum Gasteiger partial charge on any atom is 0.303 e. The normalized spacial score (nSPS) is 12.2. The van der Waals surface area contributed by atoms with Crippen molar-refractivity contribution in [1.29, 1.82) is 0 Å². The first-order valence-electron chi connectivity index (χ1n) is 5.76. The van der Waals surface area contributed by atoms with E-state index in [9.17, 15) is 9.59 Å². The molecule has 0 bridgehead atoms. The van der Waals surface area contributed by atoms with Gasteiger partial charge in [-0.2, -0.15) is 0 Å². The van der Waals surface area contributed by atoms with Crippen LogP contribution in [-0.4, -0.2) is 47.6 Å². The third-order valence-corrected chi connectivity index (χ3v) is 2.46. The molecule has 0 saturated carbocycles. The van der Waals surface area contributed by atoms with E-state index in [1.165, 1.54) is 0 Å². The quantitative estimate of drug-likeness (QED) is 0.602. The molecule has 16 heavy (non-hydrogen) atoms. The van der Waals surface area contributed by atoms with Crippen molar-refractivity contribution in [3.63, 3.8) is 0 Å². The standard InChI is InChI=1S/C11H22N2O3/c1-4-13(5-2)11(16)9(3)12-8-6-7-10(14)15/h9,12H,4-8H2,1-3H3,(H,14,15). The summed E-state index contributed by atoms with van der Waals surface area (Å²) in [4.78, 5) is 23.8. The molecular formula is C11H22N2O3. The topological polar surface area (TPSA) is 69.6 Å². The highest BCUT2D eigenvalue weighted by molar-refractivity contribution is 5.81. The molecule has 0 aromatic carbocycles.